The Morgan fingerprint density at radius 2 is 2.06 bits per heavy atom. The van der Waals surface area contributed by atoms with Crippen LogP contribution in [-0.4, -0.2) is 29.8 Å². The summed E-state index contributed by atoms with van der Waals surface area (Å²) in [6.07, 6.45) is 4.19. The molecule has 0 aromatic carbocycles. The smallest absolute Gasteiger partial charge is 0.315 e. The maximum absolute atomic E-state index is 11.6. The van der Waals surface area contributed by atoms with Gasteiger partial charge >= 0.3 is 6.03 Å². The summed E-state index contributed by atoms with van der Waals surface area (Å²) in [7, 11) is 0. The monoisotopic (exact) mass is 242 g/mol. The second-order valence-electron chi connectivity index (χ2n) is 5.29. The third-order valence-corrected chi connectivity index (χ3v) is 3.99. The highest BCUT2D eigenvalue weighted by Gasteiger charge is 2.25. The lowest BCUT2D eigenvalue weighted by atomic mass is 9.80. The van der Waals surface area contributed by atoms with Crippen molar-refractivity contribution in [3.63, 3.8) is 0 Å². The Morgan fingerprint density at radius 1 is 1.41 bits per heavy atom. The molecular formula is C13H26N2O2. The highest BCUT2D eigenvalue weighted by atomic mass is 16.3. The Labute approximate surface area is 104 Å². The van der Waals surface area contributed by atoms with Gasteiger partial charge in [0, 0.05) is 12.6 Å². The molecule has 0 heterocycles. The normalized spacial score (nSPS) is 21.2. The van der Waals surface area contributed by atoms with E-state index in [4.69, 9.17) is 0 Å². The van der Waals surface area contributed by atoms with Crippen LogP contribution in [0.4, 0.5) is 4.79 Å². The molecule has 1 aliphatic carbocycles. The van der Waals surface area contributed by atoms with Crippen molar-refractivity contribution in [1.82, 2.24) is 10.6 Å². The van der Waals surface area contributed by atoms with Gasteiger partial charge < -0.3 is 15.7 Å². The Morgan fingerprint density at radius 3 is 2.53 bits per heavy atom. The van der Waals surface area contributed by atoms with Crippen molar-refractivity contribution < 1.29 is 9.90 Å². The van der Waals surface area contributed by atoms with Gasteiger partial charge in [0.1, 0.15) is 0 Å². The van der Waals surface area contributed by atoms with Gasteiger partial charge in [-0.25, -0.2) is 4.79 Å². The SMILES string of the molecule is CCC(C)C(O)CNC(=O)NC(C)C1CCC1. The molecule has 0 spiro atoms. The molecule has 0 aromatic rings. The van der Waals surface area contributed by atoms with Gasteiger partial charge in [-0.05, 0) is 31.6 Å². The van der Waals surface area contributed by atoms with Gasteiger partial charge in [-0.1, -0.05) is 26.7 Å². The molecule has 1 rings (SSSR count). The topological polar surface area (TPSA) is 61.4 Å². The standard InChI is InChI=1S/C13H26N2O2/c1-4-9(2)12(16)8-14-13(17)15-10(3)11-6-5-7-11/h9-12,16H,4-8H2,1-3H3,(H2,14,15,17). The summed E-state index contributed by atoms with van der Waals surface area (Å²) in [5.41, 5.74) is 0. The van der Waals surface area contributed by atoms with E-state index in [2.05, 4.69) is 17.6 Å². The minimum atomic E-state index is -0.454. The second-order valence-corrected chi connectivity index (χ2v) is 5.29. The Balaban J connectivity index is 2.15. The zero-order chi connectivity index (χ0) is 12.8. The first-order valence-electron chi connectivity index (χ1n) is 6.77. The van der Waals surface area contributed by atoms with Crippen LogP contribution in [0.5, 0.6) is 0 Å². The van der Waals surface area contributed by atoms with Crippen molar-refractivity contribution in [2.45, 2.75) is 58.6 Å². The predicted octanol–water partition coefficient (Wildman–Crippen LogP) is 1.88. The van der Waals surface area contributed by atoms with Crippen LogP contribution in [0.15, 0.2) is 0 Å². The van der Waals surface area contributed by atoms with Gasteiger partial charge in [-0.2, -0.15) is 0 Å². The molecule has 0 aromatic heterocycles. The minimum absolute atomic E-state index is 0.160. The van der Waals surface area contributed by atoms with Gasteiger partial charge in [0.05, 0.1) is 6.10 Å². The molecular weight excluding hydrogens is 216 g/mol. The first-order chi connectivity index (χ1) is 8.04. The number of nitrogens with one attached hydrogen (secondary N) is 2. The number of amides is 2. The molecule has 1 fully saturated rings. The Bertz CT molecular complexity index is 242. The van der Waals surface area contributed by atoms with Crippen LogP contribution in [0, 0.1) is 11.8 Å². The van der Waals surface area contributed by atoms with E-state index in [9.17, 15) is 9.90 Å². The third-order valence-electron chi connectivity index (χ3n) is 3.99. The summed E-state index contributed by atoms with van der Waals surface area (Å²) >= 11 is 0. The van der Waals surface area contributed by atoms with E-state index in [1.54, 1.807) is 0 Å². The fraction of sp³-hybridized carbons (Fsp3) is 0.923. The first-order valence-corrected chi connectivity index (χ1v) is 6.77. The van der Waals surface area contributed by atoms with Crippen molar-refractivity contribution in [2.75, 3.05) is 6.54 Å². The van der Waals surface area contributed by atoms with E-state index in [0.717, 1.165) is 6.42 Å². The molecule has 0 aliphatic heterocycles. The third kappa shape index (κ3) is 4.54. The lowest BCUT2D eigenvalue weighted by Crippen LogP contribution is -2.47. The molecule has 100 valence electrons. The molecule has 3 N–H and O–H groups in total. The maximum atomic E-state index is 11.6. The zero-order valence-corrected chi connectivity index (χ0v) is 11.2. The van der Waals surface area contributed by atoms with E-state index in [-0.39, 0.29) is 18.0 Å². The molecule has 1 aliphatic rings. The summed E-state index contributed by atoms with van der Waals surface area (Å²) in [6, 6.07) is 0.0799. The quantitative estimate of drug-likeness (QED) is 0.666. The van der Waals surface area contributed by atoms with Gasteiger partial charge in [0.15, 0.2) is 0 Å². The van der Waals surface area contributed by atoms with Crippen LogP contribution in [-0.2, 0) is 0 Å². The number of hydrogen-bond acceptors (Lipinski definition) is 2. The molecule has 0 radical (unpaired) electrons. The van der Waals surface area contributed by atoms with Crippen molar-refractivity contribution in [2.24, 2.45) is 11.8 Å². The van der Waals surface area contributed by atoms with Crippen molar-refractivity contribution >= 4 is 6.03 Å². The number of rotatable bonds is 6. The predicted molar refractivity (Wildman–Crippen MR) is 68.8 cm³/mol. The molecule has 0 saturated heterocycles. The number of carbonyl (C=O) groups is 1. The first kappa shape index (κ1) is 14.3. The molecule has 0 bridgehead atoms. The summed E-state index contributed by atoms with van der Waals surface area (Å²) < 4.78 is 0. The lowest BCUT2D eigenvalue weighted by molar-refractivity contribution is 0.114. The number of hydrogen-bond donors (Lipinski definition) is 3. The lowest BCUT2D eigenvalue weighted by Gasteiger charge is -2.32. The van der Waals surface area contributed by atoms with Crippen molar-refractivity contribution in [3.8, 4) is 0 Å². The number of aliphatic hydroxyl groups excluding tert-OH is 1. The molecule has 3 unspecified atom stereocenters. The van der Waals surface area contributed by atoms with E-state index < -0.39 is 6.10 Å². The van der Waals surface area contributed by atoms with Gasteiger partial charge in [0.2, 0.25) is 0 Å². The molecule has 17 heavy (non-hydrogen) atoms. The van der Waals surface area contributed by atoms with Crippen LogP contribution >= 0.6 is 0 Å². The fourth-order valence-electron chi connectivity index (χ4n) is 1.99. The Hall–Kier alpha value is -0.770. The highest BCUT2D eigenvalue weighted by molar-refractivity contribution is 5.74. The number of aliphatic hydroxyl groups is 1. The average molecular weight is 242 g/mol. The summed E-state index contributed by atoms with van der Waals surface area (Å²) in [5, 5.41) is 15.4. The molecule has 3 atom stereocenters. The van der Waals surface area contributed by atoms with Crippen LogP contribution < -0.4 is 10.6 Å². The second kappa shape index (κ2) is 6.84. The van der Waals surface area contributed by atoms with Crippen LogP contribution in [0.2, 0.25) is 0 Å². The summed E-state index contributed by atoms with van der Waals surface area (Å²) in [5.74, 6) is 0.861. The molecule has 2 amide bonds. The average Bonchev–Trinajstić information content (AvgIpc) is 2.22. The van der Waals surface area contributed by atoms with Crippen LogP contribution in [0.1, 0.15) is 46.5 Å². The number of urea groups is 1. The fourth-order valence-corrected chi connectivity index (χ4v) is 1.99. The minimum Gasteiger partial charge on any atom is -0.391 e. The van der Waals surface area contributed by atoms with E-state index in [1.165, 1.54) is 19.3 Å². The van der Waals surface area contributed by atoms with Gasteiger partial charge in [-0.3, -0.25) is 0 Å². The highest BCUT2D eigenvalue weighted by Crippen LogP contribution is 2.29. The molecule has 4 heteroatoms. The van der Waals surface area contributed by atoms with E-state index in [0.29, 0.717) is 12.5 Å². The van der Waals surface area contributed by atoms with E-state index in [1.807, 2.05) is 13.8 Å². The van der Waals surface area contributed by atoms with Gasteiger partial charge in [0.25, 0.3) is 0 Å². The molecule has 1 saturated carbocycles. The maximum Gasteiger partial charge on any atom is 0.315 e. The summed E-state index contributed by atoms with van der Waals surface area (Å²) in [4.78, 5) is 11.6. The largest absolute Gasteiger partial charge is 0.391 e. The molecule has 4 nitrogen and oxygen atoms in total. The van der Waals surface area contributed by atoms with Gasteiger partial charge in [-0.15, -0.1) is 0 Å². The van der Waals surface area contributed by atoms with Crippen molar-refractivity contribution in [3.05, 3.63) is 0 Å². The number of carbonyl (C=O) groups excluding carboxylic acids is 1. The zero-order valence-electron chi connectivity index (χ0n) is 11.2. The van der Waals surface area contributed by atoms with Crippen LogP contribution in [0.25, 0.3) is 0 Å². The Kier molecular flexibility index (Phi) is 5.75. The summed E-state index contributed by atoms with van der Waals surface area (Å²) in [6.45, 7) is 6.40. The van der Waals surface area contributed by atoms with Crippen LogP contribution in [0.3, 0.4) is 0 Å². The van der Waals surface area contributed by atoms with E-state index >= 15 is 0 Å². The van der Waals surface area contributed by atoms with Crippen molar-refractivity contribution in [1.29, 1.82) is 0 Å².